The maximum atomic E-state index is 10.6. The van der Waals surface area contributed by atoms with Crippen LogP contribution in [0.4, 0.5) is 13.2 Å². The Morgan fingerprint density at radius 2 is 1.96 bits per heavy atom. The number of nitrogens with zero attached hydrogens (tertiary/aromatic N) is 3. The summed E-state index contributed by atoms with van der Waals surface area (Å²) in [6, 6.07) is 0.443. The van der Waals surface area contributed by atoms with Gasteiger partial charge < -0.3 is 19.9 Å². The van der Waals surface area contributed by atoms with Crippen LogP contribution in [0.25, 0.3) is 0 Å². The molecule has 0 radical (unpaired) electrons. The summed E-state index contributed by atoms with van der Waals surface area (Å²) in [5, 5.41) is 10.7. The molecule has 0 saturated carbocycles. The Bertz CT molecular complexity index is 586. The number of alkyl halides is 3. The van der Waals surface area contributed by atoms with E-state index in [4.69, 9.17) is 14.9 Å². The number of carboxylic acid groups (broad SMARTS) is 1. The number of nitrogens with one attached hydrogen (secondary N) is 1. The predicted molar refractivity (Wildman–Crippen MR) is 93.1 cm³/mol. The third-order valence-electron chi connectivity index (χ3n) is 3.98. The summed E-state index contributed by atoms with van der Waals surface area (Å²) in [7, 11) is 4.24. The summed E-state index contributed by atoms with van der Waals surface area (Å²) in [4.78, 5) is 16.0. The zero-order valence-electron chi connectivity index (χ0n) is 16.0. The third-order valence-corrected chi connectivity index (χ3v) is 3.98. The first-order valence-electron chi connectivity index (χ1n) is 8.58. The van der Waals surface area contributed by atoms with Gasteiger partial charge in [0.1, 0.15) is 5.82 Å². The molecule has 0 aromatic carbocycles. The average molecular weight is 378 g/mol. The summed E-state index contributed by atoms with van der Waals surface area (Å²) in [6.45, 7) is 9.89. The highest BCUT2D eigenvalue weighted by atomic mass is 19.4. The van der Waals surface area contributed by atoms with E-state index >= 15 is 0 Å². The lowest BCUT2D eigenvalue weighted by molar-refractivity contribution is -0.192. The van der Waals surface area contributed by atoms with Gasteiger partial charge in [-0.15, -0.1) is 0 Å². The molecule has 1 atom stereocenters. The number of aliphatic carboxylic acids is 1. The van der Waals surface area contributed by atoms with Gasteiger partial charge in [0.05, 0.1) is 11.7 Å². The standard InChI is InChI=1S/C15H28N4.C2HF3O2/c1-15(2,3)13-11-19(10-9-18(4)5)14(17-13)12-7-6-8-16-12;3-2(4,5)1(6)7/h11-12,16H,6-10H2,1-5H3;(H,6,7)/t12-;/m0./s1. The number of halogens is 3. The largest absolute Gasteiger partial charge is 0.490 e. The molecule has 1 aromatic rings. The minimum Gasteiger partial charge on any atom is -0.475 e. The molecule has 0 spiro atoms. The SMILES string of the molecule is CN(C)CCn1cc(C(C)(C)C)nc1[C@@H]1CCCN1.O=C(O)C(F)(F)F. The number of hydrogen-bond donors (Lipinski definition) is 2. The van der Waals surface area contributed by atoms with E-state index < -0.39 is 12.1 Å². The van der Waals surface area contributed by atoms with Gasteiger partial charge in [0.2, 0.25) is 0 Å². The van der Waals surface area contributed by atoms with Gasteiger partial charge in [-0.3, -0.25) is 0 Å². The summed E-state index contributed by atoms with van der Waals surface area (Å²) in [5.74, 6) is -1.53. The number of aromatic nitrogens is 2. The van der Waals surface area contributed by atoms with Crippen LogP contribution in [0.1, 0.15) is 51.2 Å². The molecule has 6 nitrogen and oxygen atoms in total. The smallest absolute Gasteiger partial charge is 0.475 e. The number of carboxylic acids is 1. The van der Waals surface area contributed by atoms with Crippen molar-refractivity contribution in [2.75, 3.05) is 27.2 Å². The minimum atomic E-state index is -5.08. The normalized spacial score (nSPS) is 18.0. The number of rotatable bonds is 4. The molecule has 26 heavy (non-hydrogen) atoms. The van der Waals surface area contributed by atoms with Crippen LogP contribution in [-0.4, -0.2) is 58.9 Å². The molecule has 0 bridgehead atoms. The maximum Gasteiger partial charge on any atom is 0.490 e. The molecule has 1 aliphatic rings. The van der Waals surface area contributed by atoms with Gasteiger partial charge in [-0.1, -0.05) is 20.8 Å². The highest BCUT2D eigenvalue weighted by Crippen LogP contribution is 2.27. The predicted octanol–water partition coefficient (Wildman–Crippen LogP) is 2.80. The molecule has 150 valence electrons. The van der Waals surface area contributed by atoms with Crippen molar-refractivity contribution in [3.63, 3.8) is 0 Å². The monoisotopic (exact) mass is 378 g/mol. The van der Waals surface area contributed by atoms with Crippen molar-refractivity contribution in [2.24, 2.45) is 0 Å². The first-order valence-corrected chi connectivity index (χ1v) is 8.58. The Morgan fingerprint density at radius 1 is 1.38 bits per heavy atom. The Morgan fingerprint density at radius 3 is 2.35 bits per heavy atom. The molecule has 0 unspecified atom stereocenters. The first-order chi connectivity index (χ1) is 11.8. The molecular weight excluding hydrogens is 349 g/mol. The molecule has 2 N–H and O–H groups in total. The highest BCUT2D eigenvalue weighted by Gasteiger charge is 2.38. The summed E-state index contributed by atoms with van der Waals surface area (Å²) < 4.78 is 34.1. The summed E-state index contributed by atoms with van der Waals surface area (Å²) >= 11 is 0. The van der Waals surface area contributed by atoms with Crippen LogP contribution in [0.15, 0.2) is 6.20 Å². The average Bonchev–Trinajstić information content (AvgIpc) is 3.13. The number of likely N-dealkylation sites (N-methyl/N-ethyl adjacent to an activating group) is 1. The van der Waals surface area contributed by atoms with E-state index in [1.54, 1.807) is 0 Å². The fourth-order valence-electron chi connectivity index (χ4n) is 2.46. The molecule has 0 amide bonds. The minimum absolute atomic E-state index is 0.122. The molecular formula is C17H29F3N4O2. The fourth-order valence-corrected chi connectivity index (χ4v) is 2.46. The zero-order valence-corrected chi connectivity index (χ0v) is 16.0. The quantitative estimate of drug-likeness (QED) is 0.843. The van der Waals surface area contributed by atoms with Crippen LogP contribution in [0.3, 0.4) is 0 Å². The van der Waals surface area contributed by atoms with E-state index in [0.717, 1.165) is 19.6 Å². The molecule has 0 aliphatic carbocycles. The lowest BCUT2D eigenvalue weighted by Gasteiger charge is -2.15. The van der Waals surface area contributed by atoms with Crippen LogP contribution in [0.5, 0.6) is 0 Å². The first kappa shape index (κ1) is 22.4. The van der Waals surface area contributed by atoms with Gasteiger partial charge in [-0.05, 0) is 33.5 Å². The van der Waals surface area contributed by atoms with Crippen LogP contribution in [-0.2, 0) is 16.8 Å². The highest BCUT2D eigenvalue weighted by molar-refractivity contribution is 5.73. The van der Waals surface area contributed by atoms with Crippen LogP contribution >= 0.6 is 0 Å². The molecule has 9 heteroatoms. The number of imidazole rings is 1. The van der Waals surface area contributed by atoms with E-state index in [1.807, 2.05) is 0 Å². The second-order valence-electron chi connectivity index (χ2n) is 7.68. The van der Waals surface area contributed by atoms with Gasteiger partial charge in [-0.25, -0.2) is 9.78 Å². The molecule has 1 aliphatic heterocycles. The molecule has 1 saturated heterocycles. The Hall–Kier alpha value is -1.61. The van der Waals surface area contributed by atoms with Crippen molar-refractivity contribution in [1.82, 2.24) is 19.8 Å². The van der Waals surface area contributed by atoms with Gasteiger partial charge in [0, 0.05) is 24.7 Å². The topological polar surface area (TPSA) is 70.4 Å². The van der Waals surface area contributed by atoms with E-state index in [-0.39, 0.29) is 5.41 Å². The molecule has 1 fully saturated rings. The number of hydrogen-bond acceptors (Lipinski definition) is 4. The van der Waals surface area contributed by atoms with E-state index in [2.05, 4.69) is 55.8 Å². The Labute approximate surface area is 152 Å². The second kappa shape index (κ2) is 8.85. The maximum absolute atomic E-state index is 10.6. The van der Waals surface area contributed by atoms with Crippen molar-refractivity contribution < 1.29 is 23.1 Å². The Balaban J connectivity index is 0.000000412. The van der Waals surface area contributed by atoms with Crippen LogP contribution in [0, 0.1) is 0 Å². The molecule has 2 rings (SSSR count). The van der Waals surface area contributed by atoms with Crippen molar-refractivity contribution in [1.29, 1.82) is 0 Å². The molecule has 2 heterocycles. The van der Waals surface area contributed by atoms with Crippen LogP contribution < -0.4 is 5.32 Å². The van der Waals surface area contributed by atoms with Gasteiger partial charge in [0.25, 0.3) is 0 Å². The Kier molecular flexibility index (Phi) is 7.64. The van der Waals surface area contributed by atoms with Crippen molar-refractivity contribution in [3.05, 3.63) is 17.7 Å². The van der Waals surface area contributed by atoms with Gasteiger partial charge in [0.15, 0.2) is 0 Å². The van der Waals surface area contributed by atoms with E-state index in [9.17, 15) is 13.2 Å². The molecule has 1 aromatic heterocycles. The van der Waals surface area contributed by atoms with Crippen molar-refractivity contribution >= 4 is 5.97 Å². The van der Waals surface area contributed by atoms with Crippen LogP contribution in [0.2, 0.25) is 0 Å². The van der Waals surface area contributed by atoms with Gasteiger partial charge in [-0.2, -0.15) is 13.2 Å². The lowest BCUT2D eigenvalue weighted by atomic mass is 9.93. The third kappa shape index (κ3) is 6.95. The number of carbonyl (C=O) groups is 1. The van der Waals surface area contributed by atoms with E-state index in [0.29, 0.717) is 6.04 Å². The van der Waals surface area contributed by atoms with Crippen molar-refractivity contribution in [2.45, 2.75) is 57.8 Å². The second-order valence-corrected chi connectivity index (χ2v) is 7.68. The lowest BCUT2D eigenvalue weighted by Crippen LogP contribution is -2.22. The zero-order chi connectivity index (χ0) is 20.1. The summed E-state index contributed by atoms with van der Waals surface area (Å²) in [5.41, 5.74) is 1.33. The summed E-state index contributed by atoms with van der Waals surface area (Å²) in [6.07, 6.45) is -0.364. The van der Waals surface area contributed by atoms with E-state index in [1.165, 1.54) is 24.4 Å². The van der Waals surface area contributed by atoms with Crippen molar-refractivity contribution in [3.8, 4) is 0 Å². The van der Waals surface area contributed by atoms with Gasteiger partial charge >= 0.3 is 12.1 Å². The fraction of sp³-hybridized carbons (Fsp3) is 0.765.